The topological polar surface area (TPSA) is 29.5 Å². The second kappa shape index (κ2) is 9.35. The van der Waals surface area contributed by atoms with E-state index in [1.54, 1.807) is 0 Å². The molecule has 0 fully saturated rings. The van der Waals surface area contributed by atoms with Gasteiger partial charge in [0.15, 0.2) is 0 Å². The summed E-state index contributed by atoms with van der Waals surface area (Å²) in [6, 6.07) is 0. The molecule has 104 valence electrons. The van der Waals surface area contributed by atoms with Crippen molar-refractivity contribution in [1.29, 1.82) is 0 Å². The first-order valence-corrected chi connectivity index (χ1v) is 7.37. The van der Waals surface area contributed by atoms with Crippen LogP contribution in [-0.4, -0.2) is 24.4 Å². The van der Waals surface area contributed by atoms with Crippen LogP contribution >= 0.6 is 0 Å². The van der Waals surface area contributed by atoms with Gasteiger partial charge in [0.05, 0.1) is 19.3 Å². The Hall–Kier alpha value is -0.600. The van der Waals surface area contributed by atoms with E-state index in [9.17, 15) is 5.11 Å². The fraction of sp³-hybridized carbons (Fsp3) is 0.750. The molecule has 0 aromatic rings. The van der Waals surface area contributed by atoms with E-state index >= 15 is 0 Å². The van der Waals surface area contributed by atoms with Crippen LogP contribution in [0.4, 0.5) is 0 Å². The molecule has 2 atom stereocenters. The van der Waals surface area contributed by atoms with Gasteiger partial charge in [-0.15, -0.1) is 0 Å². The number of hydrogen-bond acceptors (Lipinski definition) is 2. The second-order valence-electron chi connectivity index (χ2n) is 5.26. The van der Waals surface area contributed by atoms with Crippen molar-refractivity contribution in [2.75, 3.05) is 13.2 Å². The van der Waals surface area contributed by atoms with Gasteiger partial charge in [-0.3, -0.25) is 0 Å². The summed E-state index contributed by atoms with van der Waals surface area (Å²) < 4.78 is 5.72. The van der Waals surface area contributed by atoms with Crippen LogP contribution in [0, 0.1) is 5.92 Å². The Morgan fingerprint density at radius 3 is 2.83 bits per heavy atom. The molecule has 1 aliphatic heterocycles. The van der Waals surface area contributed by atoms with E-state index < -0.39 is 0 Å². The maximum absolute atomic E-state index is 9.30. The first-order valence-electron chi connectivity index (χ1n) is 7.37. The fourth-order valence-electron chi connectivity index (χ4n) is 2.28. The van der Waals surface area contributed by atoms with Crippen molar-refractivity contribution in [1.82, 2.24) is 0 Å². The van der Waals surface area contributed by atoms with Gasteiger partial charge in [-0.25, -0.2) is 0 Å². The SMILES string of the molecule is CCCCCCC/C=C/C1OCC(C)C=C1CO. The highest BCUT2D eigenvalue weighted by molar-refractivity contribution is 5.19. The van der Waals surface area contributed by atoms with E-state index in [2.05, 4.69) is 32.1 Å². The second-order valence-corrected chi connectivity index (χ2v) is 5.26. The standard InChI is InChI=1S/C16H28O2/c1-3-4-5-6-7-8-9-10-16-15(12-17)11-14(2)13-18-16/h9-11,14,16-17H,3-8,12-13H2,1-2H3/b10-9+. The Morgan fingerprint density at radius 2 is 2.11 bits per heavy atom. The summed E-state index contributed by atoms with van der Waals surface area (Å²) >= 11 is 0. The summed E-state index contributed by atoms with van der Waals surface area (Å²) in [6.45, 7) is 5.22. The Labute approximate surface area is 112 Å². The number of unbranched alkanes of at least 4 members (excludes halogenated alkanes) is 5. The lowest BCUT2D eigenvalue weighted by Crippen LogP contribution is -2.24. The minimum Gasteiger partial charge on any atom is -0.392 e. The molecule has 0 aromatic carbocycles. The first kappa shape index (κ1) is 15.5. The number of aliphatic hydroxyl groups is 1. The molecular formula is C16H28O2. The predicted octanol–water partition coefficient (Wildman–Crippen LogP) is 3.86. The van der Waals surface area contributed by atoms with Crippen LogP contribution in [0.25, 0.3) is 0 Å². The van der Waals surface area contributed by atoms with Crippen LogP contribution in [0.3, 0.4) is 0 Å². The quantitative estimate of drug-likeness (QED) is 0.525. The zero-order valence-corrected chi connectivity index (χ0v) is 11.9. The highest BCUT2D eigenvalue weighted by atomic mass is 16.5. The van der Waals surface area contributed by atoms with E-state index in [0.717, 1.165) is 18.6 Å². The summed E-state index contributed by atoms with van der Waals surface area (Å²) in [6.07, 6.45) is 14.2. The molecule has 1 N–H and O–H groups in total. The number of allylic oxidation sites excluding steroid dienone is 1. The largest absolute Gasteiger partial charge is 0.392 e. The van der Waals surface area contributed by atoms with Crippen LogP contribution < -0.4 is 0 Å². The molecule has 0 bridgehead atoms. The number of hydrogen-bond donors (Lipinski definition) is 1. The third kappa shape index (κ3) is 5.83. The molecule has 1 aliphatic rings. The monoisotopic (exact) mass is 252 g/mol. The minimum absolute atomic E-state index is 0.00171. The lowest BCUT2D eigenvalue weighted by Gasteiger charge is -2.24. The van der Waals surface area contributed by atoms with E-state index in [1.807, 2.05) is 0 Å². The lowest BCUT2D eigenvalue weighted by atomic mass is 10.00. The predicted molar refractivity (Wildman–Crippen MR) is 76.6 cm³/mol. The van der Waals surface area contributed by atoms with Crippen molar-refractivity contribution >= 4 is 0 Å². The maximum atomic E-state index is 9.30. The summed E-state index contributed by atoms with van der Waals surface area (Å²) in [7, 11) is 0. The minimum atomic E-state index is 0.00171. The average molecular weight is 252 g/mol. The van der Waals surface area contributed by atoms with Gasteiger partial charge >= 0.3 is 0 Å². The van der Waals surface area contributed by atoms with Crippen molar-refractivity contribution in [3.8, 4) is 0 Å². The molecule has 0 saturated carbocycles. The summed E-state index contributed by atoms with van der Waals surface area (Å²) in [5, 5.41) is 9.30. The molecule has 0 radical (unpaired) electrons. The Bertz CT molecular complexity index is 268. The Morgan fingerprint density at radius 1 is 1.33 bits per heavy atom. The van der Waals surface area contributed by atoms with Crippen LogP contribution in [-0.2, 0) is 4.74 Å². The average Bonchev–Trinajstić information content (AvgIpc) is 2.39. The molecule has 0 aliphatic carbocycles. The van der Waals surface area contributed by atoms with Gasteiger partial charge in [0.1, 0.15) is 0 Å². The summed E-state index contributed by atoms with van der Waals surface area (Å²) in [4.78, 5) is 0. The van der Waals surface area contributed by atoms with Gasteiger partial charge < -0.3 is 9.84 Å². The molecule has 2 heteroatoms. The van der Waals surface area contributed by atoms with Crippen LogP contribution in [0.1, 0.15) is 52.4 Å². The maximum Gasteiger partial charge on any atom is 0.0989 e. The lowest BCUT2D eigenvalue weighted by molar-refractivity contribution is 0.0701. The number of rotatable bonds is 8. The number of ether oxygens (including phenoxy) is 1. The zero-order valence-electron chi connectivity index (χ0n) is 11.9. The van der Waals surface area contributed by atoms with Crippen molar-refractivity contribution in [2.45, 2.75) is 58.5 Å². The molecule has 2 unspecified atom stereocenters. The van der Waals surface area contributed by atoms with Crippen LogP contribution in [0.15, 0.2) is 23.8 Å². The van der Waals surface area contributed by atoms with E-state index in [4.69, 9.17) is 4.74 Å². The third-order valence-electron chi connectivity index (χ3n) is 3.37. The molecule has 1 heterocycles. The van der Waals surface area contributed by atoms with Gasteiger partial charge in [-0.2, -0.15) is 0 Å². The molecule has 0 saturated heterocycles. The number of aliphatic hydroxyl groups excluding tert-OH is 1. The van der Waals surface area contributed by atoms with E-state index in [-0.39, 0.29) is 12.7 Å². The van der Waals surface area contributed by atoms with Crippen LogP contribution in [0.5, 0.6) is 0 Å². The van der Waals surface area contributed by atoms with Gasteiger partial charge in [0.25, 0.3) is 0 Å². The normalized spacial score (nSPS) is 24.5. The molecule has 0 spiro atoms. The van der Waals surface area contributed by atoms with E-state index in [1.165, 1.54) is 32.1 Å². The summed E-state index contributed by atoms with van der Waals surface area (Å²) in [5.74, 6) is 0.422. The van der Waals surface area contributed by atoms with E-state index in [0.29, 0.717) is 5.92 Å². The highest BCUT2D eigenvalue weighted by Crippen LogP contribution is 2.19. The first-order chi connectivity index (χ1) is 8.77. The smallest absolute Gasteiger partial charge is 0.0989 e. The van der Waals surface area contributed by atoms with Crippen molar-refractivity contribution in [3.05, 3.63) is 23.8 Å². The molecule has 2 nitrogen and oxygen atoms in total. The molecular weight excluding hydrogens is 224 g/mol. The van der Waals surface area contributed by atoms with Gasteiger partial charge in [0, 0.05) is 0 Å². The van der Waals surface area contributed by atoms with Crippen molar-refractivity contribution in [3.63, 3.8) is 0 Å². The fourth-order valence-corrected chi connectivity index (χ4v) is 2.28. The zero-order chi connectivity index (χ0) is 13.2. The molecule has 18 heavy (non-hydrogen) atoms. The molecule has 0 aromatic heterocycles. The highest BCUT2D eigenvalue weighted by Gasteiger charge is 2.18. The van der Waals surface area contributed by atoms with Crippen molar-refractivity contribution < 1.29 is 9.84 Å². The van der Waals surface area contributed by atoms with Crippen molar-refractivity contribution in [2.24, 2.45) is 5.92 Å². The Kier molecular flexibility index (Phi) is 8.03. The van der Waals surface area contributed by atoms with Crippen LogP contribution in [0.2, 0.25) is 0 Å². The summed E-state index contributed by atoms with van der Waals surface area (Å²) in [5.41, 5.74) is 1.01. The van der Waals surface area contributed by atoms with Gasteiger partial charge in [0.2, 0.25) is 0 Å². The van der Waals surface area contributed by atoms with Gasteiger partial charge in [-0.1, -0.05) is 57.8 Å². The molecule has 1 rings (SSSR count). The third-order valence-corrected chi connectivity index (χ3v) is 3.37. The van der Waals surface area contributed by atoms with Gasteiger partial charge in [-0.05, 0) is 24.3 Å². The molecule has 0 amide bonds. The Balaban J connectivity index is 2.22.